The molecule has 1 amide bonds. The Labute approximate surface area is 130 Å². The molecule has 0 fully saturated rings. The van der Waals surface area contributed by atoms with Crippen LogP contribution in [0.1, 0.15) is 11.3 Å². The Hall–Kier alpha value is -2.29. The van der Waals surface area contributed by atoms with Gasteiger partial charge in [-0.2, -0.15) is 11.8 Å². The molecule has 3 N–H and O–H groups in total. The Morgan fingerprint density at radius 1 is 1.36 bits per heavy atom. The number of nitrogens with one attached hydrogen (secondary N) is 3. The number of aromatic nitrogens is 2. The fourth-order valence-corrected chi connectivity index (χ4v) is 2.22. The summed E-state index contributed by atoms with van der Waals surface area (Å²) in [5, 5.41) is 2.48. The summed E-state index contributed by atoms with van der Waals surface area (Å²) in [6.07, 6.45) is 4.18. The third-order valence-corrected chi connectivity index (χ3v) is 3.38. The first-order valence-corrected chi connectivity index (χ1v) is 7.67. The molecule has 0 aliphatic heterocycles. The molecule has 0 bridgehead atoms. The Kier molecular flexibility index (Phi) is 6.64. The van der Waals surface area contributed by atoms with Crippen LogP contribution in [0.2, 0.25) is 0 Å². The summed E-state index contributed by atoms with van der Waals surface area (Å²) in [4.78, 5) is 50.5. The number of carbonyl (C=O) groups excluding carboxylic acids is 2. The highest BCUT2D eigenvalue weighted by Gasteiger charge is 2.19. The Bertz CT molecular complexity index is 692. The monoisotopic (exact) mass is 327 g/mol. The fourth-order valence-electron chi connectivity index (χ4n) is 1.67. The average Bonchev–Trinajstić information content (AvgIpc) is 2.44. The van der Waals surface area contributed by atoms with Gasteiger partial charge in [0, 0.05) is 17.5 Å². The molecule has 120 valence electrons. The van der Waals surface area contributed by atoms with Gasteiger partial charge in [0.2, 0.25) is 5.91 Å². The molecule has 1 heterocycles. The smallest absolute Gasteiger partial charge is 0.329 e. The third-order valence-electron chi connectivity index (χ3n) is 2.71. The number of hydrogen-bond donors (Lipinski definition) is 3. The number of ether oxygens (including phenoxy) is 1. The van der Waals surface area contributed by atoms with Crippen molar-refractivity contribution in [2.75, 3.05) is 19.1 Å². The van der Waals surface area contributed by atoms with Crippen LogP contribution in [0.15, 0.2) is 15.7 Å². The zero-order valence-electron chi connectivity index (χ0n) is 12.4. The van der Waals surface area contributed by atoms with Gasteiger partial charge < -0.3 is 15.0 Å². The summed E-state index contributed by atoms with van der Waals surface area (Å²) in [7, 11) is 1.24. The minimum absolute atomic E-state index is 0.161. The molecule has 0 saturated heterocycles. The molecule has 1 rings (SSSR count). The maximum absolute atomic E-state index is 11.8. The summed E-state index contributed by atoms with van der Waals surface area (Å²) in [5.74, 6) is -0.728. The van der Waals surface area contributed by atoms with E-state index in [1.54, 1.807) is 13.2 Å². The summed E-state index contributed by atoms with van der Waals surface area (Å²) < 4.78 is 4.59. The van der Waals surface area contributed by atoms with E-state index in [9.17, 15) is 19.2 Å². The van der Waals surface area contributed by atoms with Gasteiger partial charge in [-0.1, -0.05) is 0 Å². The highest BCUT2D eigenvalue weighted by Crippen LogP contribution is 2.01. The lowest BCUT2D eigenvalue weighted by Gasteiger charge is -2.13. The highest BCUT2D eigenvalue weighted by molar-refractivity contribution is 7.98. The molecule has 0 aliphatic rings. The lowest BCUT2D eigenvalue weighted by molar-refractivity contribution is -0.143. The maximum Gasteiger partial charge on any atom is 0.329 e. The van der Waals surface area contributed by atoms with E-state index in [1.807, 2.05) is 0 Å². The number of methoxy groups -OCH3 is 1. The van der Waals surface area contributed by atoms with Gasteiger partial charge in [0.25, 0.3) is 5.56 Å². The number of H-pyrrole nitrogens is 2. The molecule has 0 spiro atoms. The Balaban J connectivity index is 2.86. The minimum atomic E-state index is -0.771. The first-order chi connectivity index (χ1) is 10.4. The van der Waals surface area contributed by atoms with Crippen LogP contribution in [-0.2, 0) is 14.3 Å². The quantitative estimate of drug-likeness (QED) is 0.474. The van der Waals surface area contributed by atoms with Crippen molar-refractivity contribution in [3.8, 4) is 0 Å². The number of carbonyl (C=O) groups is 2. The predicted octanol–water partition coefficient (Wildman–Crippen LogP) is -0.594. The van der Waals surface area contributed by atoms with Crippen LogP contribution in [0.25, 0.3) is 6.08 Å². The molecular formula is C13H17N3O5S. The van der Waals surface area contributed by atoms with Crippen LogP contribution >= 0.6 is 11.8 Å². The van der Waals surface area contributed by atoms with Crippen LogP contribution in [0.5, 0.6) is 0 Å². The first-order valence-electron chi connectivity index (χ1n) is 6.27. The van der Waals surface area contributed by atoms with Gasteiger partial charge in [0.1, 0.15) is 6.04 Å². The van der Waals surface area contributed by atoms with Gasteiger partial charge in [0.15, 0.2) is 0 Å². The van der Waals surface area contributed by atoms with Crippen molar-refractivity contribution in [1.29, 1.82) is 0 Å². The van der Waals surface area contributed by atoms with Crippen LogP contribution in [0.3, 0.4) is 0 Å². The lowest BCUT2D eigenvalue weighted by atomic mass is 10.2. The zero-order valence-corrected chi connectivity index (χ0v) is 13.2. The predicted molar refractivity (Wildman–Crippen MR) is 83.8 cm³/mol. The molecule has 1 atom stereocenters. The van der Waals surface area contributed by atoms with E-state index >= 15 is 0 Å². The van der Waals surface area contributed by atoms with Gasteiger partial charge in [0.05, 0.1) is 12.7 Å². The van der Waals surface area contributed by atoms with Crippen molar-refractivity contribution in [2.45, 2.75) is 13.0 Å². The van der Waals surface area contributed by atoms with Crippen molar-refractivity contribution in [2.24, 2.45) is 0 Å². The molecule has 22 heavy (non-hydrogen) atoms. The summed E-state index contributed by atoms with van der Waals surface area (Å²) in [5.41, 5.74) is -0.713. The average molecular weight is 327 g/mol. The highest BCUT2D eigenvalue weighted by atomic mass is 32.2. The molecule has 0 radical (unpaired) electrons. The Morgan fingerprint density at radius 2 is 2.05 bits per heavy atom. The van der Waals surface area contributed by atoms with E-state index in [1.165, 1.54) is 24.9 Å². The summed E-state index contributed by atoms with van der Waals surface area (Å²) in [6, 6.07) is -0.771. The van der Waals surface area contributed by atoms with Crippen LogP contribution < -0.4 is 16.6 Å². The van der Waals surface area contributed by atoms with Crippen molar-refractivity contribution >= 4 is 29.7 Å². The van der Waals surface area contributed by atoms with Gasteiger partial charge in [-0.3, -0.25) is 14.6 Å². The topological polar surface area (TPSA) is 121 Å². The summed E-state index contributed by atoms with van der Waals surface area (Å²) in [6.45, 7) is 1.54. The van der Waals surface area contributed by atoms with Crippen LogP contribution in [0.4, 0.5) is 0 Å². The van der Waals surface area contributed by atoms with Gasteiger partial charge in [-0.05, 0) is 19.3 Å². The standard InChI is InChI=1S/C13H17N3O5S/c1-7-8(11(18)16-13(20)14-7)4-5-10(17)15-9(6-22-3)12(19)21-2/h4-5,9H,6H2,1-3H3,(H,15,17)(H2,14,16,18,20)/b5-4-/t9-/m1/s1. The second-order valence-electron chi connectivity index (χ2n) is 4.32. The fraction of sp³-hybridized carbons (Fsp3) is 0.385. The number of esters is 1. The third kappa shape index (κ3) is 4.92. The van der Waals surface area contributed by atoms with E-state index in [4.69, 9.17) is 0 Å². The van der Waals surface area contributed by atoms with Crippen LogP contribution in [0, 0.1) is 6.92 Å². The molecule has 0 aliphatic carbocycles. The molecule has 0 unspecified atom stereocenters. The molecule has 1 aromatic heterocycles. The molecular weight excluding hydrogens is 310 g/mol. The number of thioether (sulfide) groups is 1. The van der Waals surface area contributed by atoms with Gasteiger partial charge in [-0.25, -0.2) is 9.59 Å². The molecule has 0 saturated carbocycles. The van der Waals surface area contributed by atoms with E-state index in [2.05, 4.69) is 20.0 Å². The first kappa shape index (κ1) is 17.8. The largest absolute Gasteiger partial charge is 0.467 e. The Morgan fingerprint density at radius 3 is 2.59 bits per heavy atom. The van der Waals surface area contributed by atoms with Crippen LogP contribution in [-0.4, -0.2) is 47.0 Å². The van der Waals surface area contributed by atoms with E-state index in [0.717, 1.165) is 6.08 Å². The molecule has 8 nitrogen and oxygen atoms in total. The number of amides is 1. The van der Waals surface area contributed by atoms with Crippen molar-refractivity contribution < 1.29 is 14.3 Å². The summed E-state index contributed by atoms with van der Waals surface area (Å²) >= 11 is 1.38. The second-order valence-corrected chi connectivity index (χ2v) is 5.23. The lowest BCUT2D eigenvalue weighted by Crippen LogP contribution is -2.42. The van der Waals surface area contributed by atoms with Crippen molar-refractivity contribution in [3.05, 3.63) is 38.2 Å². The van der Waals surface area contributed by atoms with E-state index < -0.39 is 29.2 Å². The SMILES string of the molecule is COC(=O)[C@@H](CSC)NC(=O)/C=C\c1c(C)[nH]c(=O)[nH]c1=O. The van der Waals surface area contributed by atoms with Gasteiger partial charge in [-0.15, -0.1) is 0 Å². The molecule has 9 heteroatoms. The van der Waals surface area contributed by atoms with Gasteiger partial charge >= 0.3 is 11.7 Å². The maximum atomic E-state index is 11.8. The molecule has 1 aromatic rings. The van der Waals surface area contributed by atoms with Crippen molar-refractivity contribution in [3.63, 3.8) is 0 Å². The number of aromatic amines is 2. The van der Waals surface area contributed by atoms with Crippen molar-refractivity contribution in [1.82, 2.24) is 15.3 Å². The van der Waals surface area contributed by atoms with E-state index in [-0.39, 0.29) is 5.56 Å². The van der Waals surface area contributed by atoms with E-state index in [0.29, 0.717) is 11.4 Å². The minimum Gasteiger partial charge on any atom is -0.467 e. The molecule has 0 aromatic carbocycles. The second kappa shape index (κ2) is 8.23. The number of rotatable bonds is 6. The number of aryl methyl sites for hydroxylation is 1. The normalized spacial score (nSPS) is 12.1. The zero-order chi connectivity index (χ0) is 16.7. The number of hydrogen-bond acceptors (Lipinski definition) is 6.